The Morgan fingerprint density at radius 2 is 1.82 bits per heavy atom. The van der Waals surface area contributed by atoms with Gasteiger partial charge in [0.05, 0.1) is 0 Å². The highest BCUT2D eigenvalue weighted by Gasteiger charge is 2.32. The molecular formula is C13H23N3O. The van der Waals surface area contributed by atoms with Crippen molar-refractivity contribution >= 4 is 5.82 Å². The number of nitrogens with zero attached hydrogens (tertiary/aromatic N) is 2. The van der Waals surface area contributed by atoms with E-state index in [1.54, 1.807) is 0 Å². The molecule has 0 bridgehead atoms. The van der Waals surface area contributed by atoms with Crippen molar-refractivity contribution in [2.75, 3.05) is 12.3 Å². The van der Waals surface area contributed by atoms with E-state index in [-0.39, 0.29) is 0 Å². The normalized spacial score (nSPS) is 11.8. The SMILES string of the molecule is CCOC(CC)(CC)c1nc(N)cc(CC)n1. The number of hydrogen-bond acceptors (Lipinski definition) is 4. The summed E-state index contributed by atoms with van der Waals surface area (Å²) in [6.07, 6.45) is 2.56. The summed E-state index contributed by atoms with van der Waals surface area (Å²) in [5.74, 6) is 1.25. The van der Waals surface area contributed by atoms with Crippen LogP contribution >= 0.6 is 0 Å². The second-order valence-electron chi connectivity index (χ2n) is 4.10. The number of aryl methyl sites for hydroxylation is 1. The van der Waals surface area contributed by atoms with Gasteiger partial charge in [-0.05, 0) is 26.2 Å². The fraction of sp³-hybridized carbons (Fsp3) is 0.692. The predicted octanol–water partition coefficient (Wildman–Crippen LogP) is 2.67. The average Bonchev–Trinajstić information content (AvgIpc) is 2.35. The van der Waals surface area contributed by atoms with Crippen molar-refractivity contribution in [3.8, 4) is 0 Å². The molecule has 0 unspecified atom stereocenters. The van der Waals surface area contributed by atoms with E-state index in [4.69, 9.17) is 10.5 Å². The van der Waals surface area contributed by atoms with Crippen LogP contribution in [0.1, 0.15) is 52.1 Å². The van der Waals surface area contributed by atoms with Gasteiger partial charge in [-0.25, -0.2) is 9.97 Å². The lowest BCUT2D eigenvalue weighted by Crippen LogP contribution is -2.31. The minimum Gasteiger partial charge on any atom is -0.384 e. The molecule has 0 amide bonds. The summed E-state index contributed by atoms with van der Waals surface area (Å²) in [7, 11) is 0. The molecule has 1 rings (SSSR count). The van der Waals surface area contributed by atoms with Gasteiger partial charge in [0.1, 0.15) is 11.4 Å². The third kappa shape index (κ3) is 2.94. The van der Waals surface area contributed by atoms with Crippen LogP contribution in [-0.2, 0) is 16.8 Å². The first-order chi connectivity index (χ1) is 8.11. The summed E-state index contributed by atoms with van der Waals surface area (Å²) >= 11 is 0. The van der Waals surface area contributed by atoms with E-state index < -0.39 is 5.60 Å². The number of aromatic nitrogens is 2. The summed E-state index contributed by atoms with van der Waals surface area (Å²) in [6, 6.07) is 1.82. The van der Waals surface area contributed by atoms with E-state index in [2.05, 4.69) is 30.7 Å². The van der Waals surface area contributed by atoms with Crippen LogP contribution in [0.15, 0.2) is 6.07 Å². The van der Waals surface area contributed by atoms with Crippen molar-refractivity contribution in [2.45, 2.75) is 52.6 Å². The second kappa shape index (κ2) is 5.96. The molecule has 4 heteroatoms. The van der Waals surface area contributed by atoms with E-state index in [9.17, 15) is 0 Å². The van der Waals surface area contributed by atoms with Crippen LogP contribution in [0.3, 0.4) is 0 Å². The van der Waals surface area contributed by atoms with Crippen LogP contribution in [0, 0.1) is 0 Å². The number of nitrogen functional groups attached to an aromatic ring is 1. The Morgan fingerprint density at radius 1 is 1.18 bits per heavy atom. The molecule has 0 aromatic carbocycles. The fourth-order valence-corrected chi connectivity index (χ4v) is 2.01. The number of anilines is 1. The molecule has 0 saturated carbocycles. The molecule has 1 aromatic rings. The zero-order valence-electron chi connectivity index (χ0n) is 11.3. The van der Waals surface area contributed by atoms with Crippen molar-refractivity contribution in [1.82, 2.24) is 9.97 Å². The topological polar surface area (TPSA) is 61.0 Å². The summed E-state index contributed by atoms with van der Waals surface area (Å²) in [4.78, 5) is 8.92. The minimum atomic E-state index is -0.395. The monoisotopic (exact) mass is 237 g/mol. The largest absolute Gasteiger partial charge is 0.384 e. The van der Waals surface area contributed by atoms with Crippen molar-refractivity contribution < 1.29 is 4.74 Å². The van der Waals surface area contributed by atoms with Gasteiger partial charge in [-0.15, -0.1) is 0 Å². The fourth-order valence-electron chi connectivity index (χ4n) is 2.01. The first kappa shape index (κ1) is 13.9. The lowest BCUT2D eigenvalue weighted by molar-refractivity contribution is -0.0571. The molecule has 2 N–H and O–H groups in total. The molecule has 0 radical (unpaired) electrons. The molecule has 0 aliphatic carbocycles. The van der Waals surface area contributed by atoms with Crippen LogP contribution in [0.5, 0.6) is 0 Å². The number of ether oxygens (including phenoxy) is 1. The summed E-state index contributed by atoms with van der Waals surface area (Å²) in [5, 5.41) is 0. The summed E-state index contributed by atoms with van der Waals surface area (Å²) in [5.41, 5.74) is 6.41. The Kier molecular flexibility index (Phi) is 4.87. The Morgan fingerprint density at radius 3 is 2.29 bits per heavy atom. The molecule has 1 heterocycles. The third-order valence-electron chi connectivity index (χ3n) is 3.13. The third-order valence-corrected chi connectivity index (χ3v) is 3.13. The van der Waals surface area contributed by atoms with Gasteiger partial charge in [-0.1, -0.05) is 20.8 Å². The highest BCUT2D eigenvalue weighted by molar-refractivity contribution is 5.31. The summed E-state index contributed by atoms with van der Waals surface area (Å²) in [6.45, 7) is 8.90. The molecule has 17 heavy (non-hydrogen) atoms. The zero-order valence-corrected chi connectivity index (χ0v) is 11.3. The van der Waals surface area contributed by atoms with Gasteiger partial charge in [0.25, 0.3) is 0 Å². The zero-order chi connectivity index (χ0) is 12.9. The van der Waals surface area contributed by atoms with Crippen LogP contribution in [0.25, 0.3) is 0 Å². The van der Waals surface area contributed by atoms with E-state index in [0.717, 1.165) is 30.8 Å². The van der Waals surface area contributed by atoms with Crippen LogP contribution < -0.4 is 5.73 Å². The summed E-state index contributed by atoms with van der Waals surface area (Å²) < 4.78 is 5.89. The van der Waals surface area contributed by atoms with Gasteiger partial charge >= 0.3 is 0 Å². The van der Waals surface area contributed by atoms with Crippen molar-refractivity contribution in [1.29, 1.82) is 0 Å². The van der Waals surface area contributed by atoms with Gasteiger partial charge in [0, 0.05) is 18.4 Å². The quantitative estimate of drug-likeness (QED) is 0.826. The molecule has 0 fully saturated rings. The molecule has 0 aliphatic rings. The Hall–Kier alpha value is -1.16. The van der Waals surface area contributed by atoms with Crippen LogP contribution in [0.4, 0.5) is 5.82 Å². The van der Waals surface area contributed by atoms with Gasteiger partial charge < -0.3 is 10.5 Å². The van der Waals surface area contributed by atoms with Gasteiger partial charge in [-0.2, -0.15) is 0 Å². The van der Waals surface area contributed by atoms with Crippen molar-refractivity contribution in [2.24, 2.45) is 0 Å². The molecule has 4 nitrogen and oxygen atoms in total. The van der Waals surface area contributed by atoms with Crippen LogP contribution in [-0.4, -0.2) is 16.6 Å². The molecule has 0 saturated heterocycles. The number of nitrogens with two attached hydrogens (primary N) is 1. The standard InChI is InChI=1S/C13H23N3O/c1-5-10-9-11(14)16-12(15-10)13(6-2,7-3)17-8-4/h9H,5-8H2,1-4H3,(H2,14,15,16). The van der Waals surface area contributed by atoms with E-state index in [1.807, 2.05) is 13.0 Å². The van der Waals surface area contributed by atoms with Crippen molar-refractivity contribution in [3.63, 3.8) is 0 Å². The van der Waals surface area contributed by atoms with Crippen LogP contribution in [0.2, 0.25) is 0 Å². The minimum absolute atomic E-state index is 0.395. The predicted molar refractivity (Wildman–Crippen MR) is 69.7 cm³/mol. The van der Waals surface area contributed by atoms with Gasteiger partial charge in [0.15, 0.2) is 5.82 Å². The smallest absolute Gasteiger partial charge is 0.162 e. The van der Waals surface area contributed by atoms with E-state index in [1.165, 1.54) is 0 Å². The molecule has 1 aromatic heterocycles. The lowest BCUT2D eigenvalue weighted by atomic mass is 9.95. The molecule has 0 atom stereocenters. The van der Waals surface area contributed by atoms with E-state index in [0.29, 0.717) is 12.4 Å². The van der Waals surface area contributed by atoms with Gasteiger partial charge in [0.2, 0.25) is 0 Å². The maximum absolute atomic E-state index is 5.89. The highest BCUT2D eigenvalue weighted by Crippen LogP contribution is 2.31. The average molecular weight is 237 g/mol. The first-order valence-corrected chi connectivity index (χ1v) is 6.39. The van der Waals surface area contributed by atoms with Gasteiger partial charge in [-0.3, -0.25) is 0 Å². The maximum Gasteiger partial charge on any atom is 0.162 e. The highest BCUT2D eigenvalue weighted by atomic mass is 16.5. The second-order valence-corrected chi connectivity index (χ2v) is 4.10. The molecular weight excluding hydrogens is 214 g/mol. The van der Waals surface area contributed by atoms with Crippen molar-refractivity contribution in [3.05, 3.63) is 17.6 Å². The lowest BCUT2D eigenvalue weighted by Gasteiger charge is -2.30. The van der Waals surface area contributed by atoms with E-state index >= 15 is 0 Å². The Balaban J connectivity index is 3.21. The number of hydrogen-bond donors (Lipinski definition) is 1. The Bertz CT molecular complexity index is 362. The number of rotatable bonds is 6. The molecule has 0 spiro atoms. The Labute approximate surface area is 104 Å². The first-order valence-electron chi connectivity index (χ1n) is 6.39. The molecule has 96 valence electrons. The maximum atomic E-state index is 5.89. The molecule has 0 aliphatic heterocycles.